The van der Waals surface area contributed by atoms with E-state index in [-0.39, 0.29) is 6.23 Å². The number of fused-ring (bicyclic) bond motifs is 5. The summed E-state index contributed by atoms with van der Waals surface area (Å²) < 4.78 is 12.5. The van der Waals surface area contributed by atoms with E-state index in [0.29, 0.717) is 7.48 Å². The van der Waals surface area contributed by atoms with Crippen LogP contribution in [0.15, 0.2) is 72.8 Å². The summed E-state index contributed by atoms with van der Waals surface area (Å²) in [6.45, 7) is 7.38. The van der Waals surface area contributed by atoms with Crippen LogP contribution in [-0.2, 0) is 4.65 Å². The Bertz CT molecular complexity index is 1300. The molecule has 162 valence electrons. The molecule has 0 bridgehead atoms. The predicted octanol–water partition coefficient (Wildman–Crippen LogP) is 5.04. The van der Waals surface area contributed by atoms with E-state index in [1.165, 1.54) is 0 Å². The SMILES string of the molecule is CC(C)(O)C(C)(C)OBc1ccc2c(ccc3ccc4c(c32)OC(c2ccccc2)N4)c1. The monoisotopic (exact) mass is 425 g/mol. The van der Waals surface area contributed by atoms with E-state index in [4.69, 9.17) is 9.39 Å². The van der Waals surface area contributed by atoms with Crippen molar-refractivity contribution in [2.75, 3.05) is 5.32 Å². The van der Waals surface area contributed by atoms with Crippen LogP contribution in [0.1, 0.15) is 39.5 Å². The largest absolute Gasteiger partial charge is 0.464 e. The maximum Gasteiger partial charge on any atom is 0.309 e. The number of hydrogen-bond donors (Lipinski definition) is 2. The van der Waals surface area contributed by atoms with Gasteiger partial charge in [0.05, 0.1) is 16.9 Å². The minimum atomic E-state index is -0.930. The molecule has 0 radical (unpaired) electrons. The van der Waals surface area contributed by atoms with Crippen molar-refractivity contribution in [3.63, 3.8) is 0 Å². The lowest BCUT2D eigenvalue weighted by Gasteiger charge is -2.37. The van der Waals surface area contributed by atoms with Crippen LogP contribution in [-0.4, -0.2) is 23.8 Å². The summed E-state index contributed by atoms with van der Waals surface area (Å²) in [5.74, 6) is 0.897. The normalized spacial score (nSPS) is 16.0. The maximum atomic E-state index is 10.4. The van der Waals surface area contributed by atoms with Crippen LogP contribution in [0.3, 0.4) is 0 Å². The van der Waals surface area contributed by atoms with Gasteiger partial charge in [-0.15, -0.1) is 0 Å². The first-order chi connectivity index (χ1) is 15.2. The number of hydrogen-bond acceptors (Lipinski definition) is 4. The Hall–Kier alpha value is -3.02. The third kappa shape index (κ3) is 3.62. The number of aliphatic hydroxyl groups is 1. The third-order valence-corrected chi connectivity index (χ3v) is 6.72. The summed E-state index contributed by atoms with van der Waals surface area (Å²) in [6, 6.07) is 25.1. The summed E-state index contributed by atoms with van der Waals surface area (Å²) >= 11 is 0. The van der Waals surface area contributed by atoms with E-state index >= 15 is 0 Å². The second-order valence-corrected chi connectivity index (χ2v) is 9.57. The van der Waals surface area contributed by atoms with Crippen molar-refractivity contribution in [3.8, 4) is 5.75 Å². The summed E-state index contributed by atoms with van der Waals surface area (Å²) in [5.41, 5.74) is 1.60. The molecule has 5 rings (SSSR count). The van der Waals surface area contributed by atoms with Gasteiger partial charge >= 0.3 is 7.48 Å². The molecule has 4 aromatic carbocycles. The van der Waals surface area contributed by atoms with Crippen molar-refractivity contribution in [1.29, 1.82) is 0 Å². The van der Waals surface area contributed by atoms with Crippen molar-refractivity contribution in [2.45, 2.75) is 45.1 Å². The van der Waals surface area contributed by atoms with Crippen LogP contribution in [0.25, 0.3) is 21.5 Å². The molecule has 1 atom stereocenters. The molecule has 0 spiro atoms. The quantitative estimate of drug-likeness (QED) is 0.348. The van der Waals surface area contributed by atoms with Crippen molar-refractivity contribution in [1.82, 2.24) is 0 Å². The van der Waals surface area contributed by atoms with Gasteiger partial charge in [-0.3, -0.25) is 0 Å². The van der Waals surface area contributed by atoms with Crippen molar-refractivity contribution in [2.24, 2.45) is 0 Å². The van der Waals surface area contributed by atoms with Gasteiger partial charge in [-0.1, -0.05) is 72.2 Å². The molecule has 0 aromatic heterocycles. The van der Waals surface area contributed by atoms with E-state index in [9.17, 15) is 5.11 Å². The minimum absolute atomic E-state index is 0.191. The molecule has 0 saturated carbocycles. The Kier molecular flexibility index (Phi) is 4.92. The highest BCUT2D eigenvalue weighted by Gasteiger charge is 2.35. The van der Waals surface area contributed by atoms with Crippen molar-refractivity contribution < 1.29 is 14.5 Å². The molecule has 2 N–H and O–H groups in total. The third-order valence-electron chi connectivity index (χ3n) is 6.72. The van der Waals surface area contributed by atoms with Gasteiger partial charge in [-0.25, -0.2) is 0 Å². The van der Waals surface area contributed by atoms with Crippen LogP contribution in [0.4, 0.5) is 5.69 Å². The fraction of sp³-hybridized carbons (Fsp3) is 0.259. The zero-order chi connectivity index (χ0) is 22.5. The van der Waals surface area contributed by atoms with Gasteiger partial charge in [0.2, 0.25) is 0 Å². The lowest BCUT2D eigenvalue weighted by molar-refractivity contribution is -0.0893. The van der Waals surface area contributed by atoms with Crippen LogP contribution < -0.4 is 15.5 Å². The molecule has 0 saturated heterocycles. The Morgan fingerprint density at radius 3 is 2.38 bits per heavy atom. The molecule has 4 aromatic rings. The number of nitrogens with one attached hydrogen (secondary N) is 1. The van der Waals surface area contributed by atoms with Gasteiger partial charge in [0.1, 0.15) is 0 Å². The van der Waals surface area contributed by atoms with E-state index < -0.39 is 11.2 Å². The number of benzene rings is 4. The molecule has 1 aliphatic heterocycles. The van der Waals surface area contributed by atoms with E-state index in [2.05, 4.69) is 59.9 Å². The highest BCUT2D eigenvalue weighted by Crippen LogP contribution is 2.45. The molecule has 1 heterocycles. The lowest BCUT2D eigenvalue weighted by Crippen LogP contribution is -2.49. The second kappa shape index (κ2) is 7.54. The zero-order valence-corrected chi connectivity index (χ0v) is 19.0. The van der Waals surface area contributed by atoms with Crippen LogP contribution in [0, 0.1) is 0 Å². The van der Waals surface area contributed by atoms with Gasteiger partial charge in [0.15, 0.2) is 12.0 Å². The van der Waals surface area contributed by atoms with Gasteiger partial charge < -0.3 is 19.8 Å². The molecular formula is C27H28BNO3. The Morgan fingerprint density at radius 2 is 1.62 bits per heavy atom. The van der Waals surface area contributed by atoms with Crippen molar-refractivity contribution >= 4 is 40.2 Å². The average Bonchev–Trinajstić information content (AvgIpc) is 3.22. The molecule has 1 unspecified atom stereocenters. The highest BCUT2D eigenvalue weighted by atomic mass is 16.5. The molecule has 4 nitrogen and oxygen atoms in total. The molecule has 1 aliphatic rings. The first-order valence-corrected chi connectivity index (χ1v) is 11.1. The molecule has 0 fully saturated rings. The zero-order valence-electron chi connectivity index (χ0n) is 19.0. The summed E-state index contributed by atoms with van der Waals surface area (Å²) in [7, 11) is 0.437. The smallest absolute Gasteiger partial charge is 0.309 e. The van der Waals surface area contributed by atoms with Gasteiger partial charge in [-0.2, -0.15) is 0 Å². The number of rotatable bonds is 5. The number of ether oxygens (including phenoxy) is 1. The van der Waals surface area contributed by atoms with Gasteiger partial charge in [0, 0.05) is 10.9 Å². The molecule has 0 aliphatic carbocycles. The summed E-state index contributed by atoms with van der Waals surface area (Å²) in [6.07, 6.45) is -0.191. The molecule has 5 heteroatoms. The topological polar surface area (TPSA) is 50.7 Å². The highest BCUT2D eigenvalue weighted by molar-refractivity contribution is 6.47. The second-order valence-electron chi connectivity index (χ2n) is 9.57. The van der Waals surface area contributed by atoms with Crippen LogP contribution >= 0.6 is 0 Å². The maximum absolute atomic E-state index is 10.4. The first-order valence-electron chi connectivity index (χ1n) is 11.1. The average molecular weight is 425 g/mol. The van der Waals surface area contributed by atoms with Crippen LogP contribution in [0.5, 0.6) is 5.75 Å². The molecule has 32 heavy (non-hydrogen) atoms. The summed E-state index contributed by atoms with van der Waals surface area (Å²) in [5, 5.41) is 18.4. The number of anilines is 1. The molecule has 0 amide bonds. The lowest BCUT2D eigenvalue weighted by atomic mass is 9.81. The van der Waals surface area contributed by atoms with E-state index in [1.54, 1.807) is 13.8 Å². The Balaban J connectivity index is 1.50. The molecular weight excluding hydrogens is 397 g/mol. The van der Waals surface area contributed by atoms with E-state index in [1.807, 2.05) is 32.0 Å². The Labute approximate surface area is 189 Å². The first kappa shape index (κ1) is 20.9. The standard InChI is InChI=1S/C27H28BNO3/c1-26(2,30)27(3,4)32-28-20-13-14-21-19(16-20)11-10-17-12-15-22-24(23(17)21)31-25(29-22)18-8-6-5-7-9-18/h5-16,25,28-30H,1-4H3. The minimum Gasteiger partial charge on any atom is -0.464 e. The van der Waals surface area contributed by atoms with Crippen molar-refractivity contribution in [3.05, 3.63) is 78.4 Å². The van der Waals surface area contributed by atoms with Gasteiger partial charge in [-0.05, 0) is 49.9 Å². The predicted molar refractivity (Wildman–Crippen MR) is 133 cm³/mol. The fourth-order valence-electron chi connectivity index (χ4n) is 4.01. The Morgan fingerprint density at radius 1 is 0.906 bits per heavy atom. The van der Waals surface area contributed by atoms with E-state index in [0.717, 1.165) is 44.0 Å². The fourth-order valence-corrected chi connectivity index (χ4v) is 4.01. The summed E-state index contributed by atoms with van der Waals surface area (Å²) in [4.78, 5) is 0. The van der Waals surface area contributed by atoms with Gasteiger partial charge in [0.25, 0.3) is 0 Å². The van der Waals surface area contributed by atoms with Crippen LogP contribution in [0.2, 0.25) is 0 Å².